The van der Waals surface area contributed by atoms with Gasteiger partial charge in [0.25, 0.3) is 0 Å². The Hall–Kier alpha value is -2.59. The highest BCUT2D eigenvalue weighted by atomic mass is 35.5. The monoisotopic (exact) mass is 336 g/mol. The van der Waals surface area contributed by atoms with E-state index in [0.29, 0.717) is 0 Å². The van der Waals surface area contributed by atoms with E-state index in [-0.39, 0.29) is 6.04 Å². The Morgan fingerprint density at radius 2 is 1.83 bits per heavy atom. The smallest absolute Gasteiger partial charge is 0.226 e. The van der Waals surface area contributed by atoms with E-state index in [1.807, 2.05) is 28.9 Å². The zero-order chi connectivity index (χ0) is 16.7. The number of fused-ring (bicyclic) bond motifs is 1. The van der Waals surface area contributed by atoms with Crippen molar-refractivity contribution in [1.82, 2.24) is 14.8 Å². The standard InChI is InChI=1S/C19H17ClN4/c1-12-3-4-15(9-13(12)2)17-10-18(14-5-7-16(20)8-6-14)24-19(23-17)21-11-22-24/h3-11,18H,1-2H3,(H,21,22,23)/t18-/m1/s1. The number of aromatic nitrogens is 3. The molecule has 0 radical (unpaired) electrons. The van der Waals surface area contributed by atoms with E-state index >= 15 is 0 Å². The molecular weight excluding hydrogens is 320 g/mol. The Morgan fingerprint density at radius 3 is 2.58 bits per heavy atom. The molecule has 24 heavy (non-hydrogen) atoms. The first kappa shape index (κ1) is 15.0. The van der Waals surface area contributed by atoms with Crippen molar-refractivity contribution in [1.29, 1.82) is 0 Å². The largest absolute Gasteiger partial charge is 0.324 e. The number of allylic oxidation sites excluding steroid dienone is 1. The number of anilines is 1. The van der Waals surface area contributed by atoms with Gasteiger partial charge in [-0.05, 0) is 60.4 Å². The Bertz CT molecular complexity index is 925. The molecule has 120 valence electrons. The van der Waals surface area contributed by atoms with Crippen molar-refractivity contribution in [2.75, 3.05) is 5.32 Å². The van der Waals surface area contributed by atoms with Crippen LogP contribution in [0.4, 0.5) is 5.95 Å². The number of rotatable bonds is 2. The molecule has 2 aromatic carbocycles. The molecule has 0 fully saturated rings. The van der Waals surface area contributed by atoms with Crippen molar-refractivity contribution < 1.29 is 0 Å². The van der Waals surface area contributed by atoms with Crippen molar-refractivity contribution in [2.45, 2.75) is 19.9 Å². The van der Waals surface area contributed by atoms with Gasteiger partial charge in [0, 0.05) is 10.7 Å². The molecule has 1 atom stereocenters. The first-order valence-corrected chi connectivity index (χ1v) is 8.21. The summed E-state index contributed by atoms with van der Waals surface area (Å²) in [6, 6.07) is 14.3. The van der Waals surface area contributed by atoms with Crippen LogP contribution < -0.4 is 5.32 Å². The normalized spacial score (nSPS) is 16.3. The molecule has 2 heterocycles. The molecule has 0 aliphatic carbocycles. The summed E-state index contributed by atoms with van der Waals surface area (Å²) in [6.45, 7) is 4.25. The maximum atomic E-state index is 6.02. The molecular formula is C19H17ClN4. The number of hydrogen-bond donors (Lipinski definition) is 1. The number of aryl methyl sites for hydroxylation is 2. The van der Waals surface area contributed by atoms with Crippen LogP contribution in [0.25, 0.3) is 5.70 Å². The summed E-state index contributed by atoms with van der Waals surface area (Å²) in [5.41, 5.74) is 5.86. The van der Waals surface area contributed by atoms with Gasteiger partial charge in [0.05, 0.1) is 0 Å². The molecule has 1 aromatic heterocycles. The molecule has 0 saturated heterocycles. The summed E-state index contributed by atoms with van der Waals surface area (Å²) in [5, 5.41) is 8.46. The average Bonchev–Trinajstić information content (AvgIpc) is 3.06. The molecule has 0 saturated carbocycles. The Labute approximate surface area is 145 Å². The summed E-state index contributed by atoms with van der Waals surface area (Å²) < 4.78 is 1.88. The zero-order valence-corrected chi connectivity index (χ0v) is 14.2. The Kier molecular flexibility index (Phi) is 3.62. The van der Waals surface area contributed by atoms with Gasteiger partial charge in [-0.15, -0.1) is 0 Å². The van der Waals surface area contributed by atoms with Gasteiger partial charge < -0.3 is 5.32 Å². The number of halogens is 1. The fourth-order valence-corrected chi connectivity index (χ4v) is 3.03. The van der Waals surface area contributed by atoms with Gasteiger partial charge in [-0.2, -0.15) is 10.1 Å². The van der Waals surface area contributed by atoms with Crippen molar-refractivity contribution in [3.63, 3.8) is 0 Å². The van der Waals surface area contributed by atoms with Crippen LogP contribution >= 0.6 is 11.6 Å². The highest BCUT2D eigenvalue weighted by molar-refractivity contribution is 6.30. The van der Waals surface area contributed by atoms with Gasteiger partial charge in [0.1, 0.15) is 12.4 Å². The highest BCUT2D eigenvalue weighted by Crippen LogP contribution is 2.32. The molecule has 0 spiro atoms. The van der Waals surface area contributed by atoms with E-state index in [1.165, 1.54) is 11.1 Å². The number of nitrogens with one attached hydrogen (secondary N) is 1. The van der Waals surface area contributed by atoms with Crippen LogP contribution in [-0.4, -0.2) is 14.8 Å². The first-order valence-electron chi connectivity index (χ1n) is 7.83. The van der Waals surface area contributed by atoms with Gasteiger partial charge in [0.2, 0.25) is 5.95 Å². The van der Waals surface area contributed by atoms with Crippen LogP contribution in [0.5, 0.6) is 0 Å². The summed E-state index contributed by atoms with van der Waals surface area (Å²) in [7, 11) is 0. The van der Waals surface area contributed by atoms with Crippen molar-refractivity contribution in [2.24, 2.45) is 0 Å². The zero-order valence-electron chi connectivity index (χ0n) is 13.5. The molecule has 3 aromatic rings. The quantitative estimate of drug-likeness (QED) is 0.743. The Balaban J connectivity index is 1.81. The molecule has 0 amide bonds. The molecule has 4 rings (SSSR count). The first-order chi connectivity index (χ1) is 11.6. The molecule has 5 heteroatoms. The third kappa shape index (κ3) is 2.59. The average molecular weight is 337 g/mol. The van der Waals surface area contributed by atoms with Gasteiger partial charge in [-0.1, -0.05) is 35.9 Å². The molecule has 4 nitrogen and oxygen atoms in total. The van der Waals surface area contributed by atoms with E-state index in [9.17, 15) is 0 Å². The van der Waals surface area contributed by atoms with Crippen LogP contribution in [0.1, 0.15) is 28.3 Å². The van der Waals surface area contributed by atoms with Crippen LogP contribution in [0.3, 0.4) is 0 Å². The van der Waals surface area contributed by atoms with E-state index in [2.05, 4.69) is 53.5 Å². The van der Waals surface area contributed by atoms with Crippen molar-refractivity contribution in [3.8, 4) is 0 Å². The van der Waals surface area contributed by atoms with Crippen LogP contribution in [-0.2, 0) is 0 Å². The van der Waals surface area contributed by atoms with Gasteiger partial charge in [-0.25, -0.2) is 4.68 Å². The predicted molar refractivity (Wildman–Crippen MR) is 97.1 cm³/mol. The van der Waals surface area contributed by atoms with Crippen molar-refractivity contribution >= 4 is 23.2 Å². The predicted octanol–water partition coefficient (Wildman–Crippen LogP) is 4.60. The highest BCUT2D eigenvalue weighted by Gasteiger charge is 2.23. The van der Waals surface area contributed by atoms with E-state index in [4.69, 9.17) is 11.6 Å². The lowest BCUT2D eigenvalue weighted by Crippen LogP contribution is -2.20. The fourth-order valence-electron chi connectivity index (χ4n) is 2.91. The SMILES string of the molecule is Cc1ccc(C2=C[C@H](c3ccc(Cl)cc3)n3ncnc3N2)cc1C. The molecule has 0 bridgehead atoms. The minimum atomic E-state index is -0.0161. The lowest BCUT2D eigenvalue weighted by molar-refractivity contribution is 0.612. The molecule has 1 aliphatic rings. The van der Waals surface area contributed by atoms with Gasteiger partial charge in [-0.3, -0.25) is 0 Å². The lowest BCUT2D eigenvalue weighted by atomic mass is 9.99. The second kappa shape index (κ2) is 5.80. The third-order valence-corrected chi connectivity index (χ3v) is 4.69. The third-order valence-electron chi connectivity index (χ3n) is 4.44. The maximum absolute atomic E-state index is 6.02. The summed E-state index contributed by atoms with van der Waals surface area (Å²) in [4.78, 5) is 4.34. The Morgan fingerprint density at radius 1 is 1.04 bits per heavy atom. The maximum Gasteiger partial charge on any atom is 0.226 e. The fraction of sp³-hybridized carbons (Fsp3) is 0.158. The minimum absolute atomic E-state index is 0.0161. The van der Waals surface area contributed by atoms with Crippen LogP contribution in [0, 0.1) is 13.8 Å². The summed E-state index contributed by atoms with van der Waals surface area (Å²) in [6.07, 6.45) is 3.75. The molecule has 1 N–H and O–H groups in total. The minimum Gasteiger partial charge on any atom is -0.324 e. The second-order valence-corrected chi connectivity index (χ2v) is 6.47. The number of benzene rings is 2. The lowest BCUT2D eigenvalue weighted by Gasteiger charge is -2.24. The second-order valence-electron chi connectivity index (χ2n) is 6.03. The van der Waals surface area contributed by atoms with Crippen LogP contribution in [0.2, 0.25) is 5.02 Å². The number of hydrogen-bond acceptors (Lipinski definition) is 3. The topological polar surface area (TPSA) is 42.7 Å². The van der Waals surface area contributed by atoms with Gasteiger partial charge >= 0.3 is 0 Å². The summed E-state index contributed by atoms with van der Waals surface area (Å²) >= 11 is 6.02. The van der Waals surface area contributed by atoms with Crippen LogP contribution in [0.15, 0.2) is 54.9 Å². The van der Waals surface area contributed by atoms with E-state index in [1.54, 1.807) is 6.33 Å². The molecule has 1 aliphatic heterocycles. The summed E-state index contributed by atoms with van der Waals surface area (Å²) in [5.74, 6) is 0.741. The number of nitrogens with zero attached hydrogens (tertiary/aromatic N) is 3. The molecule has 0 unspecified atom stereocenters. The van der Waals surface area contributed by atoms with Gasteiger partial charge in [0.15, 0.2) is 0 Å². The van der Waals surface area contributed by atoms with E-state index in [0.717, 1.165) is 27.8 Å². The van der Waals surface area contributed by atoms with E-state index < -0.39 is 0 Å². The van der Waals surface area contributed by atoms with Crippen molar-refractivity contribution in [3.05, 3.63) is 82.1 Å².